The van der Waals surface area contributed by atoms with Gasteiger partial charge in [0, 0.05) is 4.83 Å². The van der Waals surface area contributed by atoms with E-state index in [2.05, 4.69) is 61.8 Å². The summed E-state index contributed by atoms with van der Waals surface area (Å²) in [5.74, 6) is 2.20. The maximum atomic E-state index is 3.91. The summed E-state index contributed by atoms with van der Waals surface area (Å²) in [6.07, 6.45) is 4.17. The van der Waals surface area contributed by atoms with E-state index >= 15 is 0 Å². The van der Waals surface area contributed by atoms with Crippen LogP contribution in [0, 0.1) is 5.92 Å². The van der Waals surface area contributed by atoms with Gasteiger partial charge in [-0.05, 0) is 40.9 Å². The Morgan fingerprint density at radius 1 is 1.06 bits per heavy atom. The number of hydrogen-bond donors (Lipinski definition) is 0. The summed E-state index contributed by atoms with van der Waals surface area (Å²) in [5, 5.41) is 0. The molecule has 1 aliphatic rings. The molecule has 1 fully saturated rings. The van der Waals surface area contributed by atoms with Crippen LogP contribution in [0.1, 0.15) is 80.3 Å². The predicted molar refractivity (Wildman–Crippen MR) is 83.6 cm³/mol. The smallest absolute Gasteiger partial charge is 0.0400 e. The van der Waals surface area contributed by atoms with E-state index in [4.69, 9.17) is 0 Å². The van der Waals surface area contributed by atoms with Gasteiger partial charge in [0.15, 0.2) is 0 Å². The van der Waals surface area contributed by atoms with Gasteiger partial charge in [0.2, 0.25) is 0 Å². The van der Waals surface area contributed by atoms with Crippen molar-refractivity contribution in [2.75, 3.05) is 0 Å². The summed E-state index contributed by atoms with van der Waals surface area (Å²) in [6, 6.07) is 7.09. The first kappa shape index (κ1) is 14.1. The van der Waals surface area contributed by atoms with E-state index in [1.807, 2.05) is 0 Å². The van der Waals surface area contributed by atoms with Crippen LogP contribution in [0.5, 0.6) is 0 Å². The quantitative estimate of drug-likeness (QED) is 0.571. The molecule has 1 atom stereocenters. The molecule has 0 spiro atoms. The molecule has 1 unspecified atom stereocenters. The van der Waals surface area contributed by atoms with Crippen LogP contribution in [0.25, 0.3) is 0 Å². The predicted octanol–water partition coefficient (Wildman–Crippen LogP) is 6.17. The lowest BCUT2D eigenvalue weighted by Gasteiger charge is -2.20. The summed E-state index contributed by atoms with van der Waals surface area (Å²) in [4.78, 5) is 0.545. The van der Waals surface area contributed by atoms with Gasteiger partial charge >= 0.3 is 0 Å². The van der Waals surface area contributed by atoms with Gasteiger partial charge in [-0.25, -0.2) is 0 Å². The van der Waals surface area contributed by atoms with Crippen LogP contribution in [-0.4, -0.2) is 0 Å². The number of alkyl halides is 1. The van der Waals surface area contributed by atoms with E-state index in [9.17, 15) is 0 Å². The van der Waals surface area contributed by atoms with Gasteiger partial charge in [-0.3, -0.25) is 0 Å². The van der Waals surface area contributed by atoms with Gasteiger partial charge in [0.1, 0.15) is 0 Å². The molecule has 0 aromatic heterocycles. The maximum absolute atomic E-state index is 3.91. The van der Waals surface area contributed by atoms with Crippen LogP contribution in [-0.2, 0) is 0 Å². The van der Waals surface area contributed by atoms with E-state index in [1.54, 1.807) is 0 Å². The number of hydrogen-bond acceptors (Lipinski definition) is 0. The van der Waals surface area contributed by atoms with Crippen LogP contribution in [0.4, 0.5) is 0 Å². The van der Waals surface area contributed by atoms with Crippen molar-refractivity contribution in [3.8, 4) is 0 Å². The molecule has 0 amide bonds. The highest BCUT2D eigenvalue weighted by atomic mass is 79.9. The van der Waals surface area contributed by atoms with Crippen LogP contribution < -0.4 is 0 Å². The zero-order valence-electron chi connectivity index (χ0n) is 12.0. The molecule has 0 saturated heterocycles. The minimum absolute atomic E-state index is 0.545. The van der Waals surface area contributed by atoms with Crippen LogP contribution >= 0.6 is 15.9 Å². The van der Waals surface area contributed by atoms with Crippen LogP contribution in [0.15, 0.2) is 18.2 Å². The van der Waals surface area contributed by atoms with Gasteiger partial charge in [-0.2, -0.15) is 0 Å². The Bertz CT molecular complexity index is 402. The summed E-state index contributed by atoms with van der Waals surface area (Å²) in [6.45, 7) is 9.16. The SMILES string of the molecule is CC(C)c1ccc(C(Br)CC2CC2)c(C(C)C)c1. The summed E-state index contributed by atoms with van der Waals surface area (Å²) in [7, 11) is 0. The van der Waals surface area contributed by atoms with Gasteiger partial charge in [0.05, 0.1) is 0 Å². The van der Waals surface area contributed by atoms with E-state index in [-0.39, 0.29) is 0 Å². The number of rotatable bonds is 5. The third-order valence-electron chi connectivity index (χ3n) is 3.97. The highest BCUT2D eigenvalue weighted by Crippen LogP contribution is 2.43. The standard InChI is InChI=1S/C17H25Br/c1-11(2)14-7-8-15(16(10-14)12(3)4)17(18)9-13-5-6-13/h7-8,10-13,17H,5-6,9H2,1-4H3. The largest absolute Gasteiger partial charge is 0.0839 e. The molecular weight excluding hydrogens is 284 g/mol. The molecule has 0 radical (unpaired) electrons. The average molecular weight is 309 g/mol. The van der Waals surface area contributed by atoms with Crippen molar-refractivity contribution < 1.29 is 0 Å². The Kier molecular flexibility index (Phi) is 4.53. The molecule has 0 N–H and O–H groups in total. The van der Waals surface area contributed by atoms with E-state index in [1.165, 1.54) is 36.0 Å². The van der Waals surface area contributed by atoms with Crippen molar-refractivity contribution in [3.63, 3.8) is 0 Å². The average Bonchev–Trinajstić information content (AvgIpc) is 3.11. The molecule has 0 heterocycles. The minimum Gasteiger partial charge on any atom is -0.0839 e. The molecule has 1 heteroatoms. The molecule has 1 saturated carbocycles. The third-order valence-corrected chi connectivity index (χ3v) is 4.84. The Morgan fingerprint density at radius 2 is 1.72 bits per heavy atom. The second-order valence-corrected chi connectivity index (χ2v) is 7.45. The normalized spacial score (nSPS) is 17.5. The first-order valence-electron chi connectivity index (χ1n) is 7.26. The molecule has 0 bridgehead atoms. The van der Waals surface area contributed by atoms with E-state index < -0.39 is 0 Å². The molecule has 1 aromatic carbocycles. The van der Waals surface area contributed by atoms with Crippen LogP contribution in [0.3, 0.4) is 0 Å². The maximum Gasteiger partial charge on any atom is 0.0400 e. The zero-order chi connectivity index (χ0) is 13.3. The topological polar surface area (TPSA) is 0 Å². The van der Waals surface area contributed by atoms with Gasteiger partial charge in [-0.1, -0.05) is 74.7 Å². The second kappa shape index (κ2) is 5.77. The lowest BCUT2D eigenvalue weighted by molar-refractivity contribution is 0.706. The Hall–Kier alpha value is -0.300. The molecule has 100 valence electrons. The zero-order valence-corrected chi connectivity index (χ0v) is 13.6. The Balaban J connectivity index is 2.26. The fraction of sp³-hybridized carbons (Fsp3) is 0.647. The van der Waals surface area contributed by atoms with Crippen molar-refractivity contribution >= 4 is 15.9 Å². The second-order valence-electron chi connectivity index (χ2n) is 6.34. The highest BCUT2D eigenvalue weighted by molar-refractivity contribution is 9.09. The Morgan fingerprint density at radius 3 is 2.22 bits per heavy atom. The molecule has 2 rings (SSSR count). The lowest BCUT2D eigenvalue weighted by atomic mass is 9.89. The minimum atomic E-state index is 0.545. The third kappa shape index (κ3) is 3.38. The molecular formula is C17H25Br. The summed E-state index contributed by atoms with van der Waals surface area (Å²) >= 11 is 3.91. The van der Waals surface area contributed by atoms with Crippen molar-refractivity contribution in [1.29, 1.82) is 0 Å². The monoisotopic (exact) mass is 308 g/mol. The molecule has 0 aliphatic heterocycles. The molecule has 0 nitrogen and oxygen atoms in total. The van der Waals surface area contributed by atoms with Gasteiger partial charge < -0.3 is 0 Å². The molecule has 18 heavy (non-hydrogen) atoms. The molecule has 1 aliphatic carbocycles. The number of halogens is 1. The van der Waals surface area contributed by atoms with E-state index in [0.717, 1.165) is 5.92 Å². The van der Waals surface area contributed by atoms with Crippen LogP contribution in [0.2, 0.25) is 0 Å². The van der Waals surface area contributed by atoms with Gasteiger partial charge in [-0.15, -0.1) is 0 Å². The first-order valence-corrected chi connectivity index (χ1v) is 8.18. The van der Waals surface area contributed by atoms with Gasteiger partial charge in [0.25, 0.3) is 0 Å². The Labute approximate surface area is 120 Å². The first-order chi connectivity index (χ1) is 8.49. The van der Waals surface area contributed by atoms with Crippen molar-refractivity contribution in [3.05, 3.63) is 34.9 Å². The number of benzene rings is 1. The fourth-order valence-corrected chi connectivity index (χ4v) is 3.46. The highest BCUT2D eigenvalue weighted by Gasteiger charge is 2.26. The van der Waals surface area contributed by atoms with Crippen molar-refractivity contribution in [2.45, 2.75) is 63.6 Å². The summed E-state index contributed by atoms with van der Waals surface area (Å²) in [5.41, 5.74) is 4.51. The lowest BCUT2D eigenvalue weighted by Crippen LogP contribution is -2.02. The van der Waals surface area contributed by atoms with Crippen molar-refractivity contribution in [1.82, 2.24) is 0 Å². The van der Waals surface area contributed by atoms with Crippen molar-refractivity contribution in [2.24, 2.45) is 5.92 Å². The van der Waals surface area contributed by atoms with E-state index in [0.29, 0.717) is 16.7 Å². The fourth-order valence-electron chi connectivity index (χ4n) is 2.51. The summed E-state index contributed by atoms with van der Waals surface area (Å²) < 4.78 is 0. The molecule has 1 aromatic rings.